The standard InChI is InChI=1S/C16H22N4/c1-20(2)16(7-3-8-16)11-19-15-5-4-14(17)13-10-18-9-6-12(13)15/h4-6,9-10,19H,3,7-8,11,17H2,1-2H3. The lowest BCUT2D eigenvalue weighted by Crippen LogP contribution is -2.54. The van der Waals surface area contributed by atoms with Crippen LogP contribution in [0.1, 0.15) is 19.3 Å². The van der Waals surface area contributed by atoms with Gasteiger partial charge in [-0.25, -0.2) is 0 Å². The number of pyridine rings is 1. The maximum atomic E-state index is 6.02. The maximum absolute atomic E-state index is 6.02. The number of hydrogen-bond acceptors (Lipinski definition) is 4. The Labute approximate surface area is 120 Å². The fourth-order valence-corrected chi connectivity index (χ4v) is 2.99. The van der Waals surface area contributed by atoms with Crippen molar-refractivity contribution in [3.05, 3.63) is 30.6 Å². The molecule has 4 heteroatoms. The maximum Gasteiger partial charge on any atom is 0.0423 e. The van der Waals surface area contributed by atoms with Crippen molar-refractivity contribution in [3.63, 3.8) is 0 Å². The third kappa shape index (κ3) is 2.10. The molecular weight excluding hydrogens is 248 g/mol. The zero-order chi connectivity index (χ0) is 14.2. The molecule has 0 amide bonds. The highest BCUT2D eigenvalue weighted by atomic mass is 15.2. The first-order valence-corrected chi connectivity index (χ1v) is 7.16. The van der Waals surface area contributed by atoms with E-state index in [0.29, 0.717) is 5.54 Å². The summed E-state index contributed by atoms with van der Waals surface area (Å²) >= 11 is 0. The van der Waals surface area contributed by atoms with Crippen LogP contribution in [0.3, 0.4) is 0 Å². The summed E-state index contributed by atoms with van der Waals surface area (Å²) in [6.07, 6.45) is 7.51. The van der Waals surface area contributed by atoms with Crippen LogP contribution in [-0.2, 0) is 0 Å². The molecule has 2 aromatic rings. The van der Waals surface area contributed by atoms with Gasteiger partial charge in [0.2, 0.25) is 0 Å². The van der Waals surface area contributed by atoms with Crippen LogP contribution in [0.25, 0.3) is 10.8 Å². The Morgan fingerprint density at radius 1 is 1.25 bits per heavy atom. The van der Waals surface area contributed by atoms with Crippen molar-refractivity contribution in [3.8, 4) is 0 Å². The van der Waals surface area contributed by atoms with Gasteiger partial charge in [-0.1, -0.05) is 0 Å². The van der Waals surface area contributed by atoms with Crippen molar-refractivity contribution in [2.24, 2.45) is 0 Å². The van der Waals surface area contributed by atoms with E-state index in [1.54, 1.807) is 0 Å². The highest BCUT2D eigenvalue weighted by molar-refractivity contribution is 6.00. The van der Waals surface area contributed by atoms with Crippen molar-refractivity contribution in [2.45, 2.75) is 24.8 Å². The number of benzene rings is 1. The molecule has 3 N–H and O–H groups in total. The number of nitrogens with zero attached hydrogens (tertiary/aromatic N) is 2. The molecule has 1 fully saturated rings. The number of likely N-dealkylation sites (N-methyl/N-ethyl adjacent to an activating group) is 1. The van der Waals surface area contributed by atoms with E-state index in [9.17, 15) is 0 Å². The lowest BCUT2D eigenvalue weighted by molar-refractivity contribution is 0.0739. The monoisotopic (exact) mass is 270 g/mol. The summed E-state index contributed by atoms with van der Waals surface area (Å²) < 4.78 is 0. The molecule has 0 saturated heterocycles. The van der Waals surface area contributed by atoms with Gasteiger partial charge in [0.1, 0.15) is 0 Å². The Bertz CT molecular complexity index is 617. The fourth-order valence-electron chi connectivity index (χ4n) is 2.99. The first kappa shape index (κ1) is 13.2. The molecule has 0 unspecified atom stereocenters. The summed E-state index contributed by atoms with van der Waals surface area (Å²) in [6, 6.07) is 6.05. The summed E-state index contributed by atoms with van der Waals surface area (Å²) in [4.78, 5) is 6.51. The van der Waals surface area contributed by atoms with Crippen LogP contribution in [-0.4, -0.2) is 36.1 Å². The van der Waals surface area contributed by atoms with Gasteiger partial charge in [-0.3, -0.25) is 4.98 Å². The number of hydrogen-bond donors (Lipinski definition) is 2. The quantitative estimate of drug-likeness (QED) is 0.839. The molecule has 1 aliphatic rings. The van der Waals surface area contributed by atoms with Crippen LogP contribution in [0.15, 0.2) is 30.6 Å². The van der Waals surface area contributed by atoms with Crippen LogP contribution in [0, 0.1) is 0 Å². The van der Waals surface area contributed by atoms with Gasteiger partial charge in [0, 0.05) is 46.6 Å². The highest BCUT2D eigenvalue weighted by Gasteiger charge is 2.38. The summed E-state index contributed by atoms with van der Waals surface area (Å²) in [5, 5.41) is 5.78. The summed E-state index contributed by atoms with van der Waals surface area (Å²) in [6.45, 7) is 0.974. The second-order valence-corrected chi connectivity index (χ2v) is 5.95. The molecule has 0 bridgehead atoms. The van der Waals surface area contributed by atoms with E-state index in [1.807, 2.05) is 24.5 Å². The first-order chi connectivity index (χ1) is 9.62. The third-order valence-corrected chi connectivity index (χ3v) is 4.69. The topological polar surface area (TPSA) is 54.2 Å². The summed E-state index contributed by atoms with van der Waals surface area (Å²) in [7, 11) is 4.34. The minimum Gasteiger partial charge on any atom is -0.398 e. The van der Waals surface area contributed by atoms with E-state index < -0.39 is 0 Å². The SMILES string of the molecule is CN(C)C1(CNc2ccc(N)c3cnccc23)CCC1. The van der Waals surface area contributed by atoms with Crippen LogP contribution in [0.2, 0.25) is 0 Å². The van der Waals surface area contributed by atoms with Crippen LogP contribution < -0.4 is 11.1 Å². The number of anilines is 2. The molecule has 106 valence electrons. The lowest BCUT2D eigenvalue weighted by Gasteiger charge is -2.47. The molecule has 3 rings (SSSR count). The molecule has 0 spiro atoms. The van der Waals surface area contributed by atoms with Crippen LogP contribution in [0.5, 0.6) is 0 Å². The second kappa shape index (κ2) is 4.94. The number of aromatic nitrogens is 1. The summed E-state index contributed by atoms with van der Waals surface area (Å²) in [5.74, 6) is 0. The molecule has 0 radical (unpaired) electrons. The molecule has 4 nitrogen and oxygen atoms in total. The van der Waals surface area contributed by atoms with Crippen molar-refractivity contribution in [2.75, 3.05) is 31.7 Å². The Morgan fingerprint density at radius 3 is 2.70 bits per heavy atom. The second-order valence-electron chi connectivity index (χ2n) is 5.95. The van der Waals surface area contributed by atoms with E-state index in [4.69, 9.17) is 5.73 Å². The average Bonchev–Trinajstić information content (AvgIpc) is 2.40. The van der Waals surface area contributed by atoms with Gasteiger partial charge in [-0.05, 0) is 51.6 Å². The Morgan fingerprint density at radius 2 is 2.05 bits per heavy atom. The summed E-state index contributed by atoms with van der Waals surface area (Å²) in [5.41, 5.74) is 8.25. The predicted octanol–water partition coefficient (Wildman–Crippen LogP) is 2.71. The number of rotatable bonds is 4. The van der Waals surface area contributed by atoms with Gasteiger partial charge in [0.25, 0.3) is 0 Å². The molecule has 1 saturated carbocycles. The van der Waals surface area contributed by atoms with E-state index in [1.165, 1.54) is 19.3 Å². The van der Waals surface area contributed by atoms with Gasteiger partial charge >= 0.3 is 0 Å². The first-order valence-electron chi connectivity index (χ1n) is 7.16. The van der Waals surface area contributed by atoms with Crippen molar-refractivity contribution >= 4 is 22.1 Å². The fraction of sp³-hybridized carbons (Fsp3) is 0.438. The zero-order valence-electron chi connectivity index (χ0n) is 12.2. The highest BCUT2D eigenvalue weighted by Crippen LogP contribution is 2.37. The Hall–Kier alpha value is -1.81. The average molecular weight is 270 g/mol. The van der Waals surface area contributed by atoms with Crippen molar-refractivity contribution in [1.29, 1.82) is 0 Å². The minimum absolute atomic E-state index is 0.306. The van der Waals surface area contributed by atoms with Gasteiger partial charge in [-0.2, -0.15) is 0 Å². The van der Waals surface area contributed by atoms with E-state index >= 15 is 0 Å². The normalized spacial score (nSPS) is 17.1. The molecule has 20 heavy (non-hydrogen) atoms. The third-order valence-electron chi connectivity index (χ3n) is 4.69. The Balaban J connectivity index is 1.87. The molecule has 1 aliphatic carbocycles. The van der Waals surface area contributed by atoms with E-state index in [-0.39, 0.29) is 0 Å². The zero-order valence-corrected chi connectivity index (χ0v) is 12.2. The number of nitrogens with one attached hydrogen (secondary N) is 1. The Kier molecular flexibility index (Phi) is 3.26. The molecular formula is C16H22N4. The molecule has 1 aromatic carbocycles. The van der Waals surface area contributed by atoms with Crippen LogP contribution >= 0.6 is 0 Å². The van der Waals surface area contributed by atoms with Gasteiger partial charge < -0.3 is 16.0 Å². The van der Waals surface area contributed by atoms with Crippen LogP contribution in [0.4, 0.5) is 11.4 Å². The van der Waals surface area contributed by atoms with E-state index in [2.05, 4.69) is 35.4 Å². The number of fused-ring (bicyclic) bond motifs is 1. The van der Waals surface area contributed by atoms with Gasteiger partial charge in [0.15, 0.2) is 0 Å². The minimum atomic E-state index is 0.306. The number of nitrogen functional groups attached to an aromatic ring is 1. The van der Waals surface area contributed by atoms with Crippen molar-refractivity contribution < 1.29 is 0 Å². The number of nitrogens with two attached hydrogens (primary N) is 1. The molecule has 0 aliphatic heterocycles. The van der Waals surface area contributed by atoms with Crippen molar-refractivity contribution in [1.82, 2.24) is 9.88 Å². The smallest absolute Gasteiger partial charge is 0.0423 e. The molecule has 1 heterocycles. The van der Waals surface area contributed by atoms with Gasteiger partial charge in [0.05, 0.1) is 0 Å². The lowest BCUT2D eigenvalue weighted by atomic mass is 9.75. The van der Waals surface area contributed by atoms with Gasteiger partial charge in [-0.15, -0.1) is 0 Å². The van der Waals surface area contributed by atoms with E-state index in [0.717, 1.165) is 28.7 Å². The molecule has 0 atom stereocenters. The largest absolute Gasteiger partial charge is 0.398 e. The molecule has 1 aromatic heterocycles. The predicted molar refractivity (Wildman–Crippen MR) is 84.9 cm³/mol.